The van der Waals surface area contributed by atoms with Crippen LogP contribution in [0.25, 0.3) is 0 Å². The molecule has 1 saturated heterocycles. The molecule has 0 amide bonds. The van der Waals surface area contributed by atoms with Gasteiger partial charge in [-0.3, -0.25) is 0 Å². The number of hydrogen-bond acceptors (Lipinski definition) is 6. The van der Waals surface area contributed by atoms with Gasteiger partial charge < -0.3 is 9.47 Å². The summed E-state index contributed by atoms with van der Waals surface area (Å²) in [5, 5.41) is 0. The zero-order valence-corrected chi connectivity index (χ0v) is 15.5. The fourth-order valence-corrected chi connectivity index (χ4v) is 4.77. The van der Waals surface area contributed by atoms with Gasteiger partial charge in [0.05, 0.1) is 17.1 Å². The molecule has 2 fully saturated rings. The second kappa shape index (κ2) is 7.75. The Morgan fingerprint density at radius 3 is 2.35 bits per heavy atom. The molecule has 0 bridgehead atoms. The number of carbonyl (C=O) groups excluding carboxylic acids is 2. The highest BCUT2D eigenvalue weighted by Crippen LogP contribution is 2.26. The molecule has 1 aliphatic carbocycles. The number of nitrogens with zero attached hydrogens (tertiary/aromatic N) is 1. The van der Waals surface area contributed by atoms with Crippen LogP contribution in [0, 0.1) is 0 Å². The van der Waals surface area contributed by atoms with Crippen LogP contribution in [0.15, 0.2) is 29.2 Å². The monoisotopic (exact) mass is 381 g/mol. The van der Waals surface area contributed by atoms with Crippen molar-refractivity contribution in [2.75, 3.05) is 13.7 Å². The lowest BCUT2D eigenvalue weighted by Crippen LogP contribution is -2.38. The van der Waals surface area contributed by atoms with Gasteiger partial charge in [0, 0.05) is 19.5 Å². The molecule has 1 aromatic carbocycles. The van der Waals surface area contributed by atoms with Gasteiger partial charge >= 0.3 is 11.9 Å². The van der Waals surface area contributed by atoms with E-state index in [2.05, 4.69) is 0 Å². The summed E-state index contributed by atoms with van der Waals surface area (Å²) in [5.74, 6) is -1.22. The van der Waals surface area contributed by atoms with Crippen molar-refractivity contribution in [1.29, 1.82) is 0 Å². The normalized spacial score (nSPS) is 21.6. The zero-order valence-electron chi connectivity index (χ0n) is 14.7. The van der Waals surface area contributed by atoms with Gasteiger partial charge in [-0.05, 0) is 37.1 Å². The molecule has 1 heterocycles. The molecule has 2 aliphatic rings. The van der Waals surface area contributed by atoms with Crippen LogP contribution in [0.3, 0.4) is 0 Å². The van der Waals surface area contributed by atoms with E-state index in [9.17, 15) is 18.0 Å². The van der Waals surface area contributed by atoms with Crippen LogP contribution in [0.4, 0.5) is 0 Å². The van der Waals surface area contributed by atoms with Crippen molar-refractivity contribution >= 4 is 22.0 Å². The molecule has 1 saturated carbocycles. The van der Waals surface area contributed by atoms with Gasteiger partial charge in [-0.1, -0.05) is 19.3 Å². The molecule has 8 heteroatoms. The minimum atomic E-state index is -3.61. The van der Waals surface area contributed by atoms with E-state index in [0.717, 1.165) is 32.1 Å². The number of carbonyl (C=O) groups is 2. The molecular weight excluding hydrogens is 358 g/mol. The minimum absolute atomic E-state index is 0.0202. The molecule has 1 atom stereocenters. The second-order valence-corrected chi connectivity index (χ2v) is 8.69. The number of esters is 2. The molecule has 26 heavy (non-hydrogen) atoms. The van der Waals surface area contributed by atoms with Gasteiger partial charge in [0.2, 0.25) is 16.1 Å². The maximum atomic E-state index is 12.8. The number of hydrogen-bond donors (Lipinski definition) is 0. The summed E-state index contributed by atoms with van der Waals surface area (Å²) in [5.41, 5.74) is 0.198. The summed E-state index contributed by atoms with van der Waals surface area (Å²) in [7, 11) is -1.99. The van der Waals surface area contributed by atoms with Gasteiger partial charge in [-0.2, -0.15) is 4.31 Å². The van der Waals surface area contributed by atoms with E-state index in [4.69, 9.17) is 9.47 Å². The number of benzene rings is 1. The maximum Gasteiger partial charge on any atom is 0.347 e. The molecule has 0 unspecified atom stereocenters. The predicted octanol–water partition coefficient (Wildman–Crippen LogP) is 2.11. The SMILES string of the molecule is CN(C1CCCCC1)S(=O)(=O)c1ccc(C(=O)O[C@@H]2CCOC2=O)cc1. The predicted molar refractivity (Wildman–Crippen MR) is 93.0 cm³/mol. The number of sulfonamides is 1. The third-order valence-corrected chi connectivity index (χ3v) is 6.92. The van der Waals surface area contributed by atoms with Crippen LogP contribution in [0.1, 0.15) is 48.9 Å². The first-order valence-electron chi connectivity index (χ1n) is 8.85. The highest BCUT2D eigenvalue weighted by atomic mass is 32.2. The Labute approximate surface area is 153 Å². The Kier molecular flexibility index (Phi) is 5.62. The topological polar surface area (TPSA) is 90.0 Å². The van der Waals surface area contributed by atoms with Crippen LogP contribution >= 0.6 is 0 Å². The smallest absolute Gasteiger partial charge is 0.347 e. The van der Waals surface area contributed by atoms with Crippen LogP contribution in [-0.2, 0) is 24.3 Å². The number of rotatable bonds is 5. The number of ether oxygens (including phenoxy) is 2. The average molecular weight is 381 g/mol. The van der Waals surface area contributed by atoms with E-state index in [1.54, 1.807) is 7.05 Å². The Balaban J connectivity index is 1.69. The summed E-state index contributed by atoms with van der Waals surface area (Å²) < 4.78 is 36.9. The quantitative estimate of drug-likeness (QED) is 0.726. The van der Waals surface area contributed by atoms with Crippen molar-refractivity contribution in [3.8, 4) is 0 Å². The molecular formula is C18H23NO6S. The lowest BCUT2D eigenvalue weighted by Gasteiger charge is -2.30. The molecule has 3 rings (SSSR count). The average Bonchev–Trinajstić information content (AvgIpc) is 3.06. The first-order chi connectivity index (χ1) is 12.4. The van der Waals surface area contributed by atoms with E-state index in [1.165, 1.54) is 28.6 Å². The summed E-state index contributed by atoms with van der Waals surface area (Å²) in [6, 6.07) is 5.64. The van der Waals surface area contributed by atoms with Crippen molar-refractivity contribution in [1.82, 2.24) is 4.31 Å². The van der Waals surface area contributed by atoms with E-state index in [-0.39, 0.29) is 23.1 Å². The fourth-order valence-electron chi connectivity index (χ4n) is 3.35. The van der Waals surface area contributed by atoms with Crippen LogP contribution < -0.4 is 0 Å². The fraction of sp³-hybridized carbons (Fsp3) is 0.556. The number of cyclic esters (lactones) is 1. The van der Waals surface area contributed by atoms with E-state index < -0.39 is 28.1 Å². The zero-order chi connectivity index (χ0) is 18.7. The van der Waals surface area contributed by atoms with E-state index in [0.29, 0.717) is 6.42 Å². The molecule has 0 radical (unpaired) electrons. The first-order valence-corrected chi connectivity index (χ1v) is 10.3. The van der Waals surface area contributed by atoms with Crippen LogP contribution in [0.2, 0.25) is 0 Å². The largest absolute Gasteiger partial charge is 0.463 e. The Morgan fingerprint density at radius 2 is 1.77 bits per heavy atom. The Bertz CT molecular complexity index is 767. The first kappa shape index (κ1) is 18.8. The summed E-state index contributed by atoms with van der Waals surface area (Å²) in [6.45, 7) is 0.238. The maximum absolute atomic E-state index is 12.8. The van der Waals surface area contributed by atoms with Gasteiger partial charge in [0.25, 0.3) is 0 Å². The standard InChI is InChI=1S/C18H23NO6S/c1-19(14-5-3-2-4-6-14)26(22,23)15-9-7-13(8-10-15)17(20)25-16-11-12-24-18(16)21/h7-10,14,16H,2-6,11-12H2,1H3/t16-/m1/s1. The van der Waals surface area contributed by atoms with Gasteiger partial charge in [-0.15, -0.1) is 0 Å². The lowest BCUT2D eigenvalue weighted by molar-refractivity contribution is -0.145. The minimum Gasteiger partial charge on any atom is -0.463 e. The van der Waals surface area contributed by atoms with Gasteiger partial charge in [-0.25, -0.2) is 18.0 Å². The van der Waals surface area contributed by atoms with E-state index in [1.807, 2.05) is 0 Å². The van der Waals surface area contributed by atoms with Crippen molar-refractivity contribution in [2.45, 2.75) is 55.6 Å². The molecule has 0 N–H and O–H groups in total. The second-order valence-electron chi connectivity index (χ2n) is 6.69. The highest BCUT2D eigenvalue weighted by Gasteiger charge is 2.31. The Hall–Kier alpha value is -1.93. The summed E-state index contributed by atoms with van der Waals surface area (Å²) in [4.78, 5) is 23.6. The highest BCUT2D eigenvalue weighted by molar-refractivity contribution is 7.89. The van der Waals surface area contributed by atoms with Crippen LogP contribution in [-0.4, -0.2) is 50.5 Å². The molecule has 1 aromatic rings. The third kappa shape index (κ3) is 3.91. The third-order valence-electron chi connectivity index (χ3n) is 4.99. The molecule has 7 nitrogen and oxygen atoms in total. The van der Waals surface area contributed by atoms with Crippen molar-refractivity contribution in [2.24, 2.45) is 0 Å². The van der Waals surface area contributed by atoms with Gasteiger partial charge in [0.1, 0.15) is 0 Å². The van der Waals surface area contributed by atoms with Crippen LogP contribution in [0.5, 0.6) is 0 Å². The lowest BCUT2D eigenvalue weighted by atomic mass is 9.96. The molecule has 0 spiro atoms. The van der Waals surface area contributed by atoms with Crippen molar-refractivity contribution < 1.29 is 27.5 Å². The molecule has 142 valence electrons. The molecule has 0 aromatic heterocycles. The summed E-state index contributed by atoms with van der Waals surface area (Å²) in [6.07, 6.45) is 4.43. The van der Waals surface area contributed by atoms with Crippen molar-refractivity contribution in [3.63, 3.8) is 0 Å². The molecule has 1 aliphatic heterocycles. The van der Waals surface area contributed by atoms with Gasteiger partial charge in [0.15, 0.2) is 0 Å². The summed E-state index contributed by atoms with van der Waals surface area (Å²) >= 11 is 0. The van der Waals surface area contributed by atoms with Crippen molar-refractivity contribution in [3.05, 3.63) is 29.8 Å². The Morgan fingerprint density at radius 1 is 1.12 bits per heavy atom. The van der Waals surface area contributed by atoms with E-state index >= 15 is 0 Å².